The molecule has 1 fully saturated rings. The summed E-state index contributed by atoms with van der Waals surface area (Å²) in [7, 11) is 0. The number of pyridine rings is 1. The molecule has 0 aliphatic carbocycles. The zero-order chi connectivity index (χ0) is 28.0. The zero-order valence-electron chi connectivity index (χ0n) is 23.0. The Kier molecular flexibility index (Phi) is 22.1. The maximum Gasteiger partial charge on any atom is 0.417 e. The van der Waals surface area contributed by atoms with Gasteiger partial charge in [-0.1, -0.05) is 41.0 Å². The summed E-state index contributed by atoms with van der Waals surface area (Å²) in [4.78, 5) is 18.1. The van der Waals surface area contributed by atoms with Crippen molar-refractivity contribution in [2.24, 2.45) is 11.7 Å². The quantitative estimate of drug-likeness (QED) is 0.447. The van der Waals surface area contributed by atoms with Crippen LogP contribution < -0.4 is 5.73 Å². The molecule has 2 aliphatic heterocycles. The van der Waals surface area contributed by atoms with E-state index in [9.17, 15) is 18.0 Å². The van der Waals surface area contributed by atoms with Crippen LogP contribution >= 0.6 is 0 Å². The molecule has 208 valence electrons. The molecule has 1 amide bonds. The van der Waals surface area contributed by atoms with Gasteiger partial charge in [-0.05, 0) is 56.7 Å². The lowest BCUT2D eigenvalue weighted by molar-refractivity contribution is -0.138. The summed E-state index contributed by atoms with van der Waals surface area (Å²) in [6.07, 6.45) is 12.3. The molecule has 3 rings (SSSR count). The number of carbonyl (C=O) groups excluding carboxylic acids is 1. The smallest absolute Gasteiger partial charge is 0.381 e. The number of amides is 1. The Morgan fingerprint density at radius 3 is 2.17 bits per heavy atom. The van der Waals surface area contributed by atoms with Crippen LogP contribution in [0.3, 0.4) is 0 Å². The predicted octanol–water partition coefficient (Wildman–Crippen LogP) is 6.63. The molecule has 1 saturated heterocycles. The first-order valence-corrected chi connectivity index (χ1v) is 13.2. The fourth-order valence-electron chi connectivity index (χ4n) is 3.58. The molecule has 0 spiro atoms. The SMILES string of the molecule is C#C.C1CCOCC1.CC.CCC.CC[C@H](CCCN)C(=O)N1CCc2ncc(C(F)(F)F)cc2C1. The second-order valence-electron chi connectivity index (χ2n) is 8.25. The van der Waals surface area contributed by atoms with Crippen LogP contribution in [0, 0.1) is 18.8 Å². The third-order valence-electron chi connectivity index (χ3n) is 5.35. The fourth-order valence-corrected chi connectivity index (χ4v) is 3.58. The minimum atomic E-state index is -4.42. The number of nitrogens with two attached hydrogens (primary N) is 1. The van der Waals surface area contributed by atoms with Crippen molar-refractivity contribution >= 4 is 5.91 Å². The Morgan fingerprint density at radius 1 is 1.17 bits per heavy atom. The maximum atomic E-state index is 12.8. The highest BCUT2D eigenvalue weighted by Gasteiger charge is 2.33. The molecule has 0 aromatic carbocycles. The van der Waals surface area contributed by atoms with Gasteiger partial charge in [0.2, 0.25) is 5.91 Å². The Morgan fingerprint density at radius 2 is 1.75 bits per heavy atom. The molecule has 2 aliphatic rings. The number of nitrogens with zero attached hydrogens (tertiary/aromatic N) is 2. The first-order valence-electron chi connectivity index (χ1n) is 13.2. The molecule has 0 radical (unpaired) electrons. The van der Waals surface area contributed by atoms with Crippen molar-refractivity contribution in [3.8, 4) is 12.8 Å². The molecular weight excluding hydrogens is 467 g/mol. The van der Waals surface area contributed by atoms with Gasteiger partial charge in [0.15, 0.2) is 0 Å². The Bertz CT molecular complexity index is 694. The Labute approximate surface area is 217 Å². The van der Waals surface area contributed by atoms with Crippen molar-refractivity contribution in [2.45, 2.75) is 98.7 Å². The summed E-state index contributed by atoms with van der Waals surface area (Å²) in [5.41, 5.74) is 5.87. The van der Waals surface area contributed by atoms with E-state index in [0.717, 1.165) is 38.3 Å². The van der Waals surface area contributed by atoms with Gasteiger partial charge in [0, 0.05) is 50.5 Å². The van der Waals surface area contributed by atoms with Crippen LogP contribution in [0.25, 0.3) is 0 Å². The molecule has 5 nitrogen and oxygen atoms in total. The lowest BCUT2D eigenvalue weighted by Gasteiger charge is -2.31. The number of alkyl halides is 3. The van der Waals surface area contributed by atoms with E-state index in [-0.39, 0.29) is 18.4 Å². The molecule has 1 aromatic heterocycles. The van der Waals surface area contributed by atoms with Crippen LogP contribution in [-0.4, -0.2) is 42.1 Å². The first kappa shape index (κ1) is 36.0. The highest BCUT2D eigenvalue weighted by atomic mass is 19.4. The van der Waals surface area contributed by atoms with Crippen LogP contribution in [0.15, 0.2) is 12.3 Å². The first-order chi connectivity index (χ1) is 17.3. The number of rotatable bonds is 5. The topological polar surface area (TPSA) is 68.5 Å². The molecule has 2 N–H and O–H groups in total. The Hall–Kier alpha value is -2.11. The van der Waals surface area contributed by atoms with E-state index >= 15 is 0 Å². The summed E-state index contributed by atoms with van der Waals surface area (Å²) in [6.45, 7) is 13.4. The number of hydrogen-bond donors (Lipinski definition) is 1. The lowest BCUT2D eigenvalue weighted by Crippen LogP contribution is -2.40. The minimum Gasteiger partial charge on any atom is -0.381 e. The third kappa shape index (κ3) is 14.4. The highest BCUT2D eigenvalue weighted by molar-refractivity contribution is 5.79. The predicted molar refractivity (Wildman–Crippen MR) is 142 cm³/mol. The van der Waals surface area contributed by atoms with Crippen LogP contribution in [0.4, 0.5) is 13.2 Å². The largest absolute Gasteiger partial charge is 0.417 e. The molecule has 0 unspecified atom stereocenters. The van der Waals surface area contributed by atoms with E-state index in [0.29, 0.717) is 37.2 Å². The maximum absolute atomic E-state index is 12.8. The molecule has 36 heavy (non-hydrogen) atoms. The molecule has 0 bridgehead atoms. The van der Waals surface area contributed by atoms with Crippen molar-refractivity contribution in [1.82, 2.24) is 9.88 Å². The van der Waals surface area contributed by atoms with Gasteiger partial charge in [-0.25, -0.2) is 0 Å². The summed E-state index contributed by atoms with van der Waals surface area (Å²) >= 11 is 0. The highest BCUT2D eigenvalue weighted by Crippen LogP contribution is 2.31. The number of hydrogen-bond acceptors (Lipinski definition) is 4. The van der Waals surface area contributed by atoms with Gasteiger partial charge in [0.05, 0.1) is 5.56 Å². The average Bonchev–Trinajstić information content (AvgIpc) is 2.92. The van der Waals surface area contributed by atoms with Crippen LogP contribution in [0.1, 0.15) is 96.4 Å². The Balaban J connectivity index is 0. The van der Waals surface area contributed by atoms with Crippen molar-refractivity contribution in [1.29, 1.82) is 0 Å². The summed E-state index contributed by atoms with van der Waals surface area (Å²) in [6, 6.07) is 1.11. The standard InChI is InChI=1S/C16H22F3N3O.C5H10O.C3H8.C2H6.C2H2/c1-2-11(4-3-6-20)15(23)22-7-5-14-12(10-22)8-13(9-21-14)16(17,18)19;1-2-4-6-5-3-1;1-3-2;2*1-2/h8-9,11H,2-7,10,20H2,1H3;1-5H2;3H2,1-2H3;1-2H3;1-2H/t11-;;;;/m1..../s1. The van der Waals surface area contributed by atoms with Gasteiger partial charge >= 0.3 is 6.18 Å². The van der Waals surface area contributed by atoms with E-state index < -0.39 is 11.7 Å². The fraction of sp³-hybridized carbons (Fsp3) is 0.714. The number of aromatic nitrogens is 1. The van der Waals surface area contributed by atoms with E-state index in [1.54, 1.807) is 4.90 Å². The van der Waals surface area contributed by atoms with Crippen LogP contribution in [0.5, 0.6) is 0 Å². The molecule has 1 atom stereocenters. The van der Waals surface area contributed by atoms with Crippen molar-refractivity contribution in [3.63, 3.8) is 0 Å². The average molecular weight is 516 g/mol. The molecular formula is C28H48F3N3O2. The van der Waals surface area contributed by atoms with E-state index in [1.165, 1.54) is 25.7 Å². The summed E-state index contributed by atoms with van der Waals surface area (Å²) in [5, 5.41) is 0. The van der Waals surface area contributed by atoms with Crippen LogP contribution in [-0.2, 0) is 28.7 Å². The molecule has 8 heteroatoms. The van der Waals surface area contributed by atoms with E-state index in [1.807, 2.05) is 20.8 Å². The number of carbonyl (C=O) groups is 1. The number of fused-ring (bicyclic) bond motifs is 1. The van der Waals surface area contributed by atoms with Crippen LogP contribution in [0.2, 0.25) is 0 Å². The zero-order valence-corrected chi connectivity index (χ0v) is 23.0. The molecule has 0 saturated carbocycles. The van der Waals surface area contributed by atoms with Gasteiger partial charge in [0.25, 0.3) is 0 Å². The minimum absolute atomic E-state index is 0.00371. The molecule has 1 aromatic rings. The van der Waals surface area contributed by atoms with Gasteiger partial charge in [-0.2, -0.15) is 13.2 Å². The van der Waals surface area contributed by atoms with Crippen molar-refractivity contribution in [3.05, 3.63) is 29.1 Å². The van der Waals surface area contributed by atoms with Gasteiger partial charge in [-0.15, -0.1) is 12.8 Å². The third-order valence-corrected chi connectivity index (χ3v) is 5.35. The van der Waals surface area contributed by atoms with Crippen molar-refractivity contribution in [2.75, 3.05) is 26.3 Å². The summed E-state index contributed by atoms with van der Waals surface area (Å²) < 4.78 is 43.5. The monoisotopic (exact) mass is 515 g/mol. The number of terminal acetylenes is 1. The second-order valence-corrected chi connectivity index (χ2v) is 8.25. The van der Waals surface area contributed by atoms with Crippen molar-refractivity contribution < 1.29 is 22.7 Å². The summed E-state index contributed by atoms with van der Waals surface area (Å²) in [5.74, 6) is -0.108. The van der Waals surface area contributed by atoms with E-state index in [2.05, 4.69) is 31.7 Å². The van der Waals surface area contributed by atoms with Gasteiger partial charge < -0.3 is 15.4 Å². The number of ether oxygens (including phenoxy) is 1. The second kappa shape index (κ2) is 22.1. The number of halogens is 3. The normalized spacial score (nSPS) is 15.0. The van der Waals surface area contributed by atoms with Gasteiger partial charge in [-0.3, -0.25) is 9.78 Å². The lowest BCUT2D eigenvalue weighted by atomic mass is 9.96. The van der Waals surface area contributed by atoms with Gasteiger partial charge in [0.1, 0.15) is 0 Å². The van der Waals surface area contributed by atoms with E-state index in [4.69, 9.17) is 10.5 Å². The molecule has 3 heterocycles.